The van der Waals surface area contributed by atoms with Gasteiger partial charge in [0.15, 0.2) is 4.77 Å². The number of non-ortho nitro benzene ring substituents is 1. The summed E-state index contributed by atoms with van der Waals surface area (Å²) in [5.74, 6) is 0. The molecule has 2 rings (SSSR count). The van der Waals surface area contributed by atoms with Crippen LogP contribution in [0, 0.1) is 14.9 Å². The maximum Gasteiger partial charge on any atom is 0.271 e. The normalized spacial score (nSPS) is 10.9. The van der Waals surface area contributed by atoms with Crippen molar-refractivity contribution >= 4 is 28.9 Å². The first-order valence-corrected chi connectivity index (χ1v) is 5.91. The van der Waals surface area contributed by atoms with E-state index < -0.39 is 4.92 Å². The lowest BCUT2D eigenvalue weighted by Crippen LogP contribution is -1.97. The van der Waals surface area contributed by atoms with Gasteiger partial charge in [0.2, 0.25) is 0 Å². The summed E-state index contributed by atoms with van der Waals surface area (Å²) in [5, 5.41) is 10.7. The fourth-order valence-corrected chi connectivity index (χ4v) is 2.10. The number of hydrogen-bond acceptors (Lipinski definition) is 3. The third-order valence-electron chi connectivity index (χ3n) is 2.70. The first-order chi connectivity index (χ1) is 8.13. The topological polar surface area (TPSA) is 63.9 Å². The molecule has 6 heteroatoms. The van der Waals surface area contributed by atoms with Gasteiger partial charge in [-0.15, -0.1) is 0 Å². The van der Waals surface area contributed by atoms with Gasteiger partial charge in [0.05, 0.1) is 16.0 Å². The average molecular weight is 251 g/mol. The SMILES string of the molecule is CCCCn1c(=S)[nH]c2cc([N+](=O)[O-])ccc21. The van der Waals surface area contributed by atoms with Crippen LogP contribution in [0.15, 0.2) is 18.2 Å². The minimum atomic E-state index is -0.403. The minimum Gasteiger partial charge on any atom is -0.330 e. The molecule has 2 aromatic rings. The average Bonchev–Trinajstić information content (AvgIpc) is 2.61. The Balaban J connectivity index is 2.52. The van der Waals surface area contributed by atoms with E-state index in [-0.39, 0.29) is 5.69 Å². The predicted octanol–water partition coefficient (Wildman–Crippen LogP) is 3.41. The van der Waals surface area contributed by atoms with Gasteiger partial charge in [0.1, 0.15) is 0 Å². The van der Waals surface area contributed by atoms with Crippen molar-refractivity contribution in [1.29, 1.82) is 0 Å². The number of unbranched alkanes of at least 4 members (excludes halogenated alkanes) is 1. The summed E-state index contributed by atoms with van der Waals surface area (Å²) < 4.78 is 2.60. The highest BCUT2D eigenvalue weighted by atomic mass is 32.1. The number of hydrogen-bond donors (Lipinski definition) is 1. The fourth-order valence-electron chi connectivity index (χ4n) is 1.80. The number of aryl methyl sites for hydroxylation is 1. The molecule has 0 saturated heterocycles. The number of nitrogens with one attached hydrogen (secondary N) is 1. The van der Waals surface area contributed by atoms with Gasteiger partial charge in [0, 0.05) is 18.7 Å². The second-order valence-corrected chi connectivity index (χ2v) is 4.28. The van der Waals surface area contributed by atoms with E-state index in [1.165, 1.54) is 12.1 Å². The van der Waals surface area contributed by atoms with Crippen LogP contribution in [-0.2, 0) is 6.54 Å². The Labute approximate surface area is 103 Å². The molecule has 0 fully saturated rings. The summed E-state index contributed by atoms with van der Waals surface area (Å²) in [6.45, 7) is 2.95. The maximum absolute atomic E-state index is 10.7. The molecular formula is C11H13N3O2S. The molecule has 0 spiro atoms. The van der Waals surface area contributed by atoms with Crippen LogP contribution < -0.4 is 0 Å². The van der Waals surface area contributed by atoms with Crippen LogP contribution in [0.1, 0.15) is 19.8 Å². The minimum absolute atomic E-state index is 0.0800. The molecule has 1 aromatic heterocycles. The first-order valence-electron chi connectivity index (χ1n) is 5.50. The number of aromatic nitrogens is 2. The van der Waals surface area contributed by atoms with Gasteiger partial charge in [-0.1, -0.05) is 13.3 Å². The third-order valence-corrected chi connectivity index (χ3v) is 3.03. The molecule has 1 heterocycles. The quantitative estimate of drug-likeness (QED) is 0.514. The zero-order chi connectivity index (χ0) is 12.4. The van der Waals surface area contributed by atoms with Gasteiger partial charge in [-0.2, -0.15) is 0 Å². The van der Waals surface area contributed by atoms with E-state index in [1.54, 1.807) is 6.07 Å². The Morgan fingerprint density at radius 2 is 2.29 bits per heavy atom. The van der Waals surface area contributed by atoms with Crippen LogP contribution in [0.5, 0.6) is 0 Å². The largest absolute Gasteiger partial charge is 0.330 e. The molecule has 90 valence electrons. The summed E-state index contributed by atoms with van der Waals surface area (Å²) in [7, 11) is 0. The number of aromatic amines is 1. The van der Waals surface area contributed by atoms with E-state index in [0.717, 1.165) is 30.4 Å². The zero-order valence-corrected chi connectivity index (χ0v) is 10.3. The Hall–Kier alpha value is -1.69. The van der Waals surface area contributed by atoms with Gasteiger partial charge in [-0.3, -0.25) is 10.1 Å². The first kappa shape index (κ1) is 11.8. The van der Waals surface area contributed by atoms with Crippen LogP contribution in [0.4, 0.5) is 5.69 Å². The predicted molar refractivity (Wildman–Crippen MR) is 68.7 cm³/mol. The Morgan fingerprint density at radius 3 is 2.94 bits per heavy atom. The van der Waals surface area contributed by atoms with Crippen LogP contribution in [-0.4, -0.2) is 14.5 Å². The van der Waals surface area contributed by atoms with Gasteiger partial charge in [0.25, 0.3) is 5.69 Å². The van der Waals surface area contributed by atoms with E-state index in [2.05, 4.69) is 11.9 Å². The molecule has 0 bridgehead atoms. The van der Waals surface area contributed by atoms with E-state index in [0.29, 0.717) is 4.77 Å². The molecule has 0 aliphatic heterocycles. The molecule has 0 amide bonds. The number of imidazole rings is 1. The Kier molecular flexibility index (Phi) is 3.23. The maximum atomic E-state index is 10.7. The highest BCUT2D eigenvalue weighted by Gasteiger charge is 2.10. The van der Waals surface area contributed by atoms with E-state index in [4.69, 9.17) is 12.2 Å². The lowest BCUT2D eigenvalue weighted by Gasteiger charge is -2.02. The van der Waals surface area contributed by atoms with Crippen molar-refractivity contribution in [2.75, 3.05) is 0 Å². The second kappa shape index (κ2) is 4.67. The molecule has 0 radical (unpaired) electrons. The highest BCUT2D eigenvalue weighted by Crippen LogP contribution is 2.20. The fraction of sp³-hybridized carbons (Fsp3) is 0.364. The molecule has 0 aliphatic carbocycles. The molecule has 17 heavy (non-hydrogen) atoms. The van der Waals surface area contributed by atoms with Crippen molar-refractivity contribution in [2.45, 2.75) is 26.3 Å². The van der Waals surface area contributed by atoms with Crippen molar-refractivity contribution in [2.24, 2.45) is 0 Å². The van der Waals surface area contributed by atoms with E-state index >= 15 is 0 Å². The van der Waals surface area contributed by atoms with Crippen molar-refractivity contribution in [3.63, 3.8) is 0 Å². The van der Waals surface area contributed by atoms with Crippen molar-refractivity contribution in [3.8, 4) is 0 Å². The van der Waals surface area contributed by atoms with E-state index in [9.17, 15) is 10.1 Å². The molecular weight excluding hydrogens is 238 g/mol. The van der Waals surface area contributed by atoms with Crippen molar-refractivity contribution in [3.05, 3.63) is 33.1 Å². The van der Waals surface area contributed by atoms with Gasteiger partial charge in [-0.05, 0) is 24.7 Å². The summed E-state index contributed by atoms with van der Waals surface area (Å²) in [6, 6.07) is 4.77. The standard InChI is InChI=1S/C11H13N3O2S/c1-2-3-6-13-10-5-4-8(14(15)16)7-9(10)12-11(13)17/h4-5,7H,2-3,6H2,1H3,(H,12,17). The molecule has 5 nitrogen and oxygen atoms in total. The monoisotopic (exact) mass is 251 g/mol. The molecule has 0 aliphatic rings. The number of fused-ring (bicyclic) bond motifs is 1. The van der Waals surface area contributed by atoms with Gasteiger partial charge in [-0.25, -0.2) is 0 Å². The summed E-state index contributed by atoms with van der Waals surface area (Å²) in [4.78, 5) is 13.3. The summed E-state index contributed by atoms with van der Waals surface area (Å²) in [6.07, 6.45) is 2.12. The molecule has 1 aromatic carbocycles. The number of benzene rings is 1. The zero-order valence-electron chi connectivity index (χ0n) is 9.47. The summed E-state index contributed by atoms with van der Waals surface area (Å²) >= 11 is 5.21. The van der Waals surface area contributed by atoms with Crippen LogP contribution in [0.3, 0.4) is 0 Å². The highest BCUT2D eigenvalue weighted by molar-refractivity contribution is 7.71. The lowest BCUT2D eigenvalue weighted by atomic mass is 10.2. The van der Waals surface area contributed by atoms with Crippen LogP contribution >= 0.6 is 12.2 Å². The number of nitro benzene ring substituents is 1. The third kappa shape index (κ3) is 2.21. The van der Waals surface area contributed by atoms with Gasteiger partial charge < -0.3 is 9.55 Å². The van der Waals surface area contributed by atoms with Crippen LogP contribution in [0.25, 0.3) is 11.0 Å². The molecule has 0 atom stereocenters. The lowest BCUT2D eigenvalue weighted by molar-refractivity contribution is -0.384. The van der Waals surface area contributed by atoms with E-state index in [1.807, 2.05) is 4.57 Å². The number of nitro groups is 1. The smallest absolute Gasteiger partial charge is 0.271 e. The molecule has 1 N–H and O–H groups in total. The summed E-state index contributed by atoms with van der Waals surface area (Å²) in [5.41, 5.74) is 1.73. The molecule has 0 saturated carbocycles. The Bertz CT molecular complexity index is 615. The molecule has 0 unspecified atom stereocenters. The van der Waals surface area contributed by atoms with Crippen molar-refractivity contribution < 1.29 is 4.92 Å². The van der Waals surface area contributed by atoms with Crippen molar-refractivity contribution in [1.82, 2.24) is 9.55 Å². The Morgan fingerprint density at radius 1 is 1.53 bits per heavy atom. The van der Waals surface area contributed by atoms with Gasteiger partial charge >= 0.3 is 0 Å². The second-order valence-electron chi connectivity index (χ2n) is 3.89. The number of rotatable bonds is 4. The van der Waals surface area contributed by atoms with Crippen LogP contribution in [0.2, 0.25) is 0 Å². The number of H-pyrrole nitrogens is 1. The number of nitrogens with zero attached hydrogens (tertiary/aromatic N) is 2.